The number of hydrogen-bond donors (Lipinski definition) is 1. The highest BCUT2D eigenvalue weighted by Gasteiger charge is 2.13. The Morgan fingerprint density at radius 3 is 2.83 bits per heavy atom. The van der Waals surface area contributed by atoms with E-state index < -0.39 is 0 Å². The van der Waals surface area contributed by atoms with E-state index in [4.69, 9.17) is 0 Å². The minimum atomic E-state index is -0.356. The minimum Gasteiger partial charge on any atom is -0.306 e. The molecule has 0 saturated heterocycles. The van der Waals surface area contributed by atoms with Gasteiger partial charge in [0, 0.05) is 24.7 Å². The van der Waals surface area contributed by atoms with Crippen LogP contribution in [0.2, 0.25) is 0 Å². The molecule has 0 aromatic heterocycles. The van der Waals surface area contributed by atoms with E-state index in [0.29, 0.717) is 0 Å². The highest BCUT2D eigenvalue weighted by Crippen LogP contribution is 2.22. The summed E-state index contributed by atoms with van der Waals surface area (Å²) in [6, 6.07) is 6.97. The lowest BCUT2D eigenvalue weighted by Gasteiger charge is -2.18. The quantitative estimate of drug-likeness (QED) is 0.455. The normalized spacial score (nSPS) is 12.1. The second kappa shape index (κ2) is 6.91. The first kappa shape index (κ1) is 14.4. The fourth-order valence-corrected chi connectivity index (χ4v) is 1.83. The van der Waals surface area contributed by atoms with E-state index in [1.54, 1.807) is 12.1 Å². The number of nitrogens with zero attached hydrogens (tertiary/aromatic N) is 1. The van der Waals surface area contributed by atoms with Crippen LogP contribution in [0.25, 0.3) is 0 Å². The summed E-state index contributed by atoms with van der Waals surface area (Å²) in [5.41, 5.74) is 2.17. The zero-order valence-electron chi connectivity index (χ0n) is 11.0. The van der Waals surface area contributed by atoms with Crippen molar-refractivity contribution in [2.24, 2.45) is 0 Å². The summed E-state index contributed by atoms with van der Waals surface area (Å²) in [7, 11) is 0. The molecule has 1 aromatic carbocycles. The maximum atomic E-state index is 10.8. The van der Waals surface area contributed by atoms with Gasteiger partial charge in [-0.2, -0.15) is 0 Å². The molecule has 0 amide bonds. The molecule has 0 radical (unpaired) electrons. The summed E-state index contributed by atoms with van der Waals surface area (Å²) in [5, 5.41) is 14.2. The summed E-state index contributed by atoms with van der Waals surface area (Å²) in [6.45, 7) is 8.65. The maximum absolute atomic E-state index is 10.8. The lowest BCUT2D eigenvalue weighted by atomic mass is 10.0. The van der Waals surface area contributed by atoms with Gasteiger partial charge in [-0.05, 0) is 18.9 Å². The Morgan fingerprint density at radius 2 is 2.28 bits per heavy atom. The second-order valence-electron chi connectivity index (χ2n) is 4.53. The van der Waals surface area contributed by atoms with Gasteiger partial charge in [0.15, 0.2) is 0 Å². The van der Waals surface area contributed by atoms with Crippen LogP contribution in [-0.4, -0.2) is 11.5 Å². The third-order valence-electron chi connectivity index (χ3n) is 2.71. The molecular formula is C14H20N2O2. The Labute approximate surface area is 108 Å². The number of hydrogen-bond acceptors (Lipinski definition) is 3. The van der Waals surface area contributed by atoms with Crippen LogP contribution in [-0.2, 0) is 0 Å². The zero-order valence-corrected chi connectivity index (χ0v) is 11.0. The van der Waals surface area contributed by atoms with Crippen LogP contribution >= 0.6 is 0 Å². The average Bonchev–Trinajstić information content (AvgIpc) is 2.34. The summed E-state index contributed by atoms with van der Waals surface area (Å²) in [5.74, 6) is 0. The molecule has 4 nitrogen and oxygen atoms in total. The highest BCUT2D eigenvalue weighted by molar-refractivity contribution is 5.35. The lowest BCUT2D eigenvalue weighted by Crippen LogP contribution is -2.22. The molecule has 98 valence electrons. The number of nitro benzene ring substituents is 1. The molecule has 1 aromatic rings. The van der Waals surface area contributed by atoms with Gasteiger partial charge in [0.05, 0.1) is 4.92 Å². The molecule has 0 fully saturated rings. The van der Waals surface area contributed by atoms with Crippen LogP contribution in [0.15, 0.2) is 36.4 Å². The summed E-state index contributed by atoms with van der Waals surface area (Å²) >= 11 is 0. The molecule has 1 unspecified atom stereocenters. The van der Waals surface area contributed by atoms with Gasteiger partial charge >= 0.3 is 0 Å². The Kier molecular flexibility index (Phi) is 5.52. The standard InChI is InChI=1S/C14H20N2O2/c1-4-6-14(15-10-11(2)3)12-7-5-8-13(9-12)16(17)18/h5,7-9,14-15H,2,4,6,10H2,1,3H3. The van der Waals surface area contributed by atoms with E-state index in [1.807, 2.05) is 13.0 Å². The molecule has 0 aliphatic heterocycles. The fraction of sp³-hybridized carbons (Fsp3) is 0.429. The van der Waals surface area contributed by atoms with Gasteiger partial charge in [-0.25, -0.2) is 0 Å². The van der Waals surface area contributed by atoms with Crippen LogP contribution in [0.3, 0.4) is 0 Å². The number of non-ortho nitro benzene ring substituents is 1. The van der Waals surface area contributed by atoms with E-state index in [0.717, 1.165) is 30.5 Å². The first-order valence-electron chi connectivity index (χ1n) is 6.16. The van der Waals surface area contributed by atoms with Gasteiger partial charge in [0.25, 0.3) is 5.69 Å². The van der Waals surface area contributed by atoms with Gasteiger partial charge in [-0.15, -0.1) is 0 Å². The van der Waals surface area contributed by atoms with Crippen molar-refractivity contribution in [3.05, 3.63) is 52.1 Å². The van der Waals surface area contributed by atoms with Gasteiger partial charge in [0.1, 0.15) is 0 Å². The van der Waals surface area contributed by atoms with Crippen molar-refractivity contribution in [3.8, 4) is 0 Å². The third kappa shape index (κ3) is 4.30. The number of rotatable bonds is 7. The first-order valence-corrected chi connectivity index (χ1v) is 6.16. The predicted octanol–water partition coefficient (Wildman–Crippen LogP) is 3.60. The van der Waals surface area contributed by atoms with Crippen molar-refractivity contribution >= 4 is 5.69 Å². The van der Waals surface area contributed by atoms with E-state index in [2.05, 4.69) is 18.8 Å². The van der Waals surface area contributed by atoms with Crippen LogP contribution in [0.4, 0.5) is 5.69 Å². The minimum absolute atomic E-state index is 0.144. The van der Waals surface area contributed by atoms with Gasteiger partial charge in [0.2, 0.25) is 0 Å². The summed E-state index contributed by atoms with van der Waals surface area (Å²) in [4.78, 5) is 10.4. The molecule has 0 spiro atoms. The van der Waals surface area contributed by atoms with Crippen LogP contribution in [0.5, 0.6) is 0 Å². The topological polar surface area (TPSA) is 55.2 Å². The number of nitrogens with one attached hydrogen (secondary N) is 1. The molecule has 1 atom stereocenters. The van der Waals surface area contributed by atoms with Crippen molar-refractivity contribution in [2.75, 3.05) is 6.54 Å². The van der Waals surface area contributed by atoms with Crippen LogP contribution in [0.1, 0.15) is 38.3 Å². The van der Waals surface area contributed by atoms with Crippen LogP contribution in [0, 0.1) is 10.1 Å². The van der Waals surface area contributed by atoms with Crippen molar-refractivity contribution in [3.63, 3.8) is 0 Å². The van der Waals surface area contributed by atoms with Crippen molar-refractivity contribution < 1.29 is 4.92 Å². The molecule has 0 aliphatic carbocycles. The van der Waals surface area contributed by atoms with E-state index in [-0.39, 0.29) is 16.7 Å². The Balaban J connectivity index is 2.86. The third-order valence-corrected chi connectivity index (χ3v) is 2.71. The Bertz CT molecular complexity index is 430. The number of benzene rings is 1. The molecule has 0 aliphatic rings. The maximum Gasteiger partial charge on any atom is 0.269 e. The molecule has 0 bridgehead atoms. The fourth-order valence-electron chi connectivity index (χ4n) is 1.83. The van der Waals surface area contributed by atoms with Crippen molar-refractivity contribution in [2.45, 2.75) is 32.7 Å². The summed E-state index contributed by atoms with van der Waals surface area (Å²) in [6.07, 6.45) is 1.98. The zero-order chi connectivity index (χ0) is 13.5. The molecule has 4 heteroatoms. The van der Waals surface area contributed by atoms with E-state index in [9.17, 15) is 10.1 Å². The van der Waals surface area contributed by atoms with Gasteiger partial charge in [-0.3, -0.25) is 10.1 Å². The van der Waals surface area contributed by atoms with Crippen molar-refractivity contribution in [1.29, 1.82) is 0 Å². The molecule has 0 heterocycles. The molecular weight excluding hydrogens is 228 g/mol. The monoisotopic (exact) mass is 248 g/mol. The molecule has 0 saturated carbocycles. The molecule has 18 heavy (non-hydrogen) atoms. The van der Waals surface area contributed by atoms with Gasteiger partial charge in [-0.1, -0.05) is 37.6 Å². The predicted molar refractivity (Wildman–Crippen MR) is 73.6 cm³/mol. The Morgan fingerprint density at radius 1 is 1.56 bits per heavy atom. The lowest BCUT2D eigenvalue weighted by molar-refractivity contribution is -0.384. The first-order chi connectivity index (χ1) is 8.54. The molecule has 1 N–H and O–H groups in total. The van der Waals surface area contributed by atoms with Crippen molar-refractivity contribution in [1.82, 2.24) is 5.32 Å². The number of nitro groups is 1. The second-order valence-corrected chi connectivity index (χ2v) is 4.53. The average molecular weight is 248 g/mol. The van der Waals surface area contributed by atoms with E-state index in [1.165, 1.54) is 6.07 Å². The SMILES string of the molecule is C=C(C)CNC(CCC)c1cccc([N+](=O)[O-])c1. The Hall–Kier alpha value is -1.68. The largest absolute Gasteiger partial charge is 0.306 e. The molecule has 1 rings (SSSR count). The van der Waals surface area contributed by atoms with Gasteiger partial charge < -0.3 is 5.32 Å². The van der Waals surface area contributed by atoms with Crippen LogP contribution < -0.4 is 5.32 Å². The summed E-state index contributed by atoms with van der Waals surface area (Å²) < 4.78 is 0. The van der Waals surface area contributed by atoms with E-state index >= 15 is 0 Å². The highest BCUT2D eigenvalue weighted by atomic mass is 16.6. The smallest absolute Gasteiger partial charge is 0.269 e.